The third kappa shape index (κ3) is 3.72. The first kappa shape index (κ1) is 15.3. The molecule has 0 radical (unpaired) electrons. The first-order valence-electron chi connectivity index (χ1n) is 7.17. The van der Waals surface area contributed by atoms with Gasteiger partial charge in [-0.2, -0.15) is 0 Å². The Balaban J connectivity index is 2.27. The predicted octanol–water partition coefficient (Wildman–Crippen LogP) is 3.32. The summed E-state index contributed by atoms with van der Waals surface area (Å²) in [4.78, 5) is 14.2. The number of rotatable bonds is 2. The fourth-order valence-electron chi connectivity index (χ4n) is 2.74. The highest BCUT2D eigenvalue weighted by molar-refractivity contribution is 6.04. The lowest BCUT2D eigenvalue weighted by atomic mass is 9.92. The van der Waals surface area contributed by atoms with Gasteiger partial charge in [0.25, 0.3) is 0 Å². The molecule has 0 bridgehead atoms. The standard InChI is InChI=1S/C17H22N2O2/c1-17(2,3)19-15(11-14(18-21)12-16(19)20)10-9-13-7-5-4-6-8-13/h4-10,15,21H,11-12H2,1-3H3/b10-9+,18-14+/t15-/m1/s1. The molecule has 1 aliphatic heterocycles. The minimum absolute atomic E-state index is 0.00395. The number of carbonyl (C=O) groups is 1. The topological polar surface area (TPSA) is 52.9 Å². The number of piperidine rings is 1. The summed E-state index contributed by atoms with van der Waals surface area (Å²) in [6.07, 6.45) is 4.80. The molecule has 1 N–H and O–H groups in total. The van der Waals surface area contributed by atoms with Crippen LogP contribution in [0.2, 0.25) is 0 Å². The van der Waals surface area contributed by atoms with Crippen molar-refractivity contribution in [1.29, 1.82) is 0 Å². The van der Waals surface area contributed by atoms with Crippen LogP contribution in [-0.4, -0.2) is 33.3 Å². The Morgan fingerprint density at radius 3 is 2.52 bits per heavy atom. The second-order valence-corrected chi connectivity index (χ2v) is 6.32. The van der Waals surface area contributed by atoms with Gasteiger partial charge in [-0.3, -0.25) is 4.79 Å². The van der Waals surface area contributed by atoms with Gasteiger partial charge in [-0.25, -0.2) is 0 Å². The van der Waals surface area contributed by atoms with E-state index >= 15 is 0 Å². The van der Waals surface area contributed by atoms with E-state index in [0.29, 0.717) is 12.1 Å². The van der Waals surface area contributed by atoms with E-state index in [1.807, 2.05) is 68.2 Å². The van der Waals surface area contributed by atoms with Crippen LogP contribution in [0.15, 0.2) is 41.6 Å². The van der Waals surface area contributed by atoms with Crippen LogP contribution in [-0.2, 0) is 4.79 Å². The lowest BCUT2D eigenvalue weighted by molar-refractivity contribution is -0.137. The summed E-state index contributed by atoms with van der Waals surface area (Å²) < 4.78 is 0. The summed E-state index contributed by atoms with van der Waals surface area (Å²) in [6, 6.07) is 9.88. The van der Waals surface area contributed by atoms with Gasteiger partial charge in [0.2, 0.25) is 5.91 Å². The highest BCUT2D eigenvalue weighted by Crippen LogP contribution is 2.27. The van der Waals surface area contributed by atoms with Crippen LogP contribution in [0.3, 0.4) is 0 Å². The predicted molar refractivity (Wildman–Crippen MR) is 84.3 cm³/mol. The smallest absolute Gasteiger partial charge is 0.229 e. The van der Waals surface area contributed by atoms with Crippen molar-refractivity contribution in [3.8, 4) is 0 Å². The second kappa shape index (κ2) is 6.12. The summed E-state index contributed by atoms with van der Waals surface area (Å²) in [6.45, 7) is 6.07. The first-order valence-corrected chi connectivity index (χ1v) is 7.17. The molecule has 1 amide bonds. The molecule has 4 nitrogen and oxygen atoms in total. The van der Waals surface area contributed by atoms with Crippen LogP contribution in [0.5, 0.6) is 0 Å². The molecule has 1 heterocycles. The lowest BCUT2D eigenvalue weighted by Crippen LogP contribution is -2.55. The molecule has 1 aromatic carbocycles. The number of likely N-dealkylation sites (tertiary alicyclic amines) is 1. The Kier molecular flexibility index (Phi) is 4.46. The van der Waals surface area contributed by atoms with Gasteiger partial charge in [-0.05, 0) is 26.3 Å². The van der Waals surface area contributed by atoms with E-state index < -0.39 is 0 Å². The summed E-state index contributed by atoms with van der Waals surface area (Å²) in [5.41, 5.74) is 1.37. The molecule has 1 aromatic rings. The molecule has 1 fully saturated rings. The van der Waals surface area contributed by atoms with E-state index in [1.54, 1.807) is 0 Å². The summed E-state index contributed by atoms with van der Waals surface area (Å²) in [5.74, 6) is 0.00395. The zero-order valence-corrected chi connectivity index (χ0v) is 12.8. The molecule has 0 spiro atoms. The van der Waals surface area contributed by atoms with E-state index in [-0.39, 0.29) is 23.9 Å². The molecular weight excluding hydrogens is 264 g/mol. The van der Waals surface area contributed by atoms with Crippen molar-refractivity contribution in [2.45, 2.75) is 45.2 Å². The normalized spacial score (nSPS) is 22.2. The number of oxime groups is 1. The van der Waals surface area contributed by atoms with Gasteiger partial charge in [0.1, 0.15) is 0 Å². The van der Waals surface area contributed by atoms with E-state index in [2.05, 4.69) is 5.16 Å². The van der Waals surface area contributed by atoms with Crippen LogP contribution in [0.25, 0.3) is 6.08 Å². The lowest BCUT2D eigenvalue weighted by Gasteiger charge is -2.43. The third-order valence-corrected chi connectivity index (χ3v) is 3.57. The average Bonchev–Trinajstić information content (AvgIpc) is 2.44. The van der Waals surface area contributed by atoms with Gasteiger partial charge in [0, 0.05) is 12.0 Å². The molecule has 4 heteroatoms. The monoisotopic (exact) mass is 286 g/mol. The van der Waals surface area contributed by atoms with Crippen LogP contribution in [0.1, 0.15) is 39.2 Å². The number of amides is 1. The number of hydrogen-bond acceptors (Lipinski definition) is 3. The van der Waals surface area contributed by atoms with Gasteiger partial charge in [-0.15, -0.1) is 0 Å². The van der Waals surface area contributed by atoms with Crippen molar-refractivity contribution < 1.29 is 10.0 Å². The van der Waals surface area contributed by atoms with Crippen molar-refractivity contribution in [1.82, 2.24) is 4.90 Å². The van der Waals surface area contributed by atoms with Crippen LogP contribution >= 0.6 is 0 Å². The Morgan fingerprint density at radius 2 is 1.95 bits per heavy atom. The molecule has 1 atom stereocenters. The molecule has 2 rings (SSSR count). The SMILES string of the molecule is CC(C)(C)N1C(=O)C/C(=N/O)C[C@H]1/C=C/c1ccccc1. The zero-order valence-electron chi connectivity index (χ0n) is 12.8. The maximum Gasteiger partial charge on any atom is 0.229 e. The second-order valence-electron chi connectivity index (χ2n) is 6.32. The Labute approximate surface area is 125 Å². The fraction of sp³-hybridized carbons (Fsp3) is 0.412. The van der Waals surface area contributed by atoms with Crippen molar-refractivity contribution >= 4 is 17.7 Å². The highest BCUT2D eigenvalue weighted by atomic mass is 16.4. The Bertz CT molecular complexity index is 556. The number of benzene rings is 1. The minimum Gasteiger partial charge on any atom is -0.411 e. The van der Waals surface area contributed by atoms with E-state index in [1.165, 1.54) is 0 Å². The third-order valence-electron chi connectivity index (χ3n) is 3.57. The average molecular weight is 286 g/mol. The van der Waals surface area contributed by atoms with E-state index in [4.69, 9.17) is 5.21 Å². The maximum absolute atomic E-state index is 12.3. The number of nitrogens with zero attached hydrogens (tertiary/aromatic N) is 2. The number of hydrogen-bond donors (Lipinski definition) is 1. The largest absolute Gasteiger partial charge is 0.411 e. The van der Waals surface area contributed by atoms with Crippen molar-refractivity contribution in [3.05, 3.63) is 42.0 Å². The fourth-order valence-corrected chi connectivity index (χ4v) is 2.74. The summed E-state index contributed by atoms with van der Waals surface area (Å²) in [7, 11) is 0. The first-order chi connectivity index (χ1) is 9.91. The van der Waals surface area contributed by atoms with Gasteiger partial charge >= 0.3 is 0 Å². The quantitative estimate of drug-likeness (QED) is 0.670. The van der Waals surface area contributed by atoms with E-state index in [9.17, 15) is 4.79 Å². The molecule has 1 aliphatic rings. The molecule has 0 aliphatic carbocycles. The molecule has 0 aromatic heterocycles. The van der Waals surface area contributed by atoms with Crippen molar-refractivity contribution in [2.24, 2.45) is 5.16 Å². The maximum atomic E-state index is 12.3. The minimum atomic E-state index is -0.260. The summed E-state index contributed by atoms with van der Waals surface area (Å²) >= 11 is 0. The van der Waals surface area contributed by atoms with Gasteiger partial charge in [-0.1, -0.05) is 47.6 Å². The molecular formula is C17H22N2O2. The molecule has 0 unspecified atom stereocenters. The van der Waals surface area contributed by atoms with E-state index in [0.717, 1.165) is 5.56 Å². The van der Waals surface area contributed by atoms with Crippen LogP contribution in [0.4, 0.5) is 0 Å². The number of carbonyl (C=O) groups excluding carboxylic acids is 1. The van der Waals surface area contributed by atoms with Gasteiger partial charge < -0.3 is 10.1 Å². The summed E-state index contributed by atoms with van der Waals surface area (Å²) in [5, 5.41) is 12.2. The highest BCUT2D eigenvalue weighted by Gasteiger charge is 2.37. The zero-order chi connectivity index (χ0) is 15.5. The molecule has 0 saturated carbocycles. The molecule has 112 valence electrons. The molecule has 1 saturated heterocycles. The Morgan fingerprint density at radius 1 is 1.29 bits per heavy atom. The molecule has 21 heavy (non-hydrogen) atoms. The van der Waals surface area contributed by atoms with Crippen LogP contribution in [0, 0.1) is 0 Å². The van der Waals surface area contributed by atoms with Gasteiger partial charge in [0.15, 0.2) is 0 Å². The van der Waals surface area contributed by atoms with Crippen LogP contribution < -0.4 is 0 Å². The van der Waals surface area contributed by atoms with Gasteiger partial charge in [0.05, 0.1) is 18.2 Å². The Hall–Kier alpha value is -2.10. The van der Waals surface area contributed by atoms with Crippen molar-refractivity contribution in [3.63, 3.8) is 0 Å². The van der Waals surface area contributed by atoms with Crippen molar-refractivity contribution in [2.75, 3.05) is 0 Å².